The summed E-state index contributed by atoms with van der Waals surface area (Å²) < 4.78 is 11.1. The lowest BCUT2D eigenvalue weighted by atomic mass is 10.1. The lowest BCUT2D eigenvalue weighted by Crippen LogP contribution is -2.27. The Hall–Kier alpha value is -3.35. The molecule has 0 aromatic heterocycles. The van der Waals surface area contributed by atoms with Crippen molar-refractivity contribution in [1.29, 1.82) is 0 Å². The van der Waals surface area contributed by atoms with Crippen LogP contribution in [0.25, 0.3) is 0 Å². The molecule has 0 N–H and O–H groups in total. The number of ether oxygens (including phenoxy) is 2. The van der Waals surface area contributed by atoms with E-state index in [1.54, 1.807) is 24.3 Å². The molecule has 0 spiro atoms. The maximum atomic E-state index is 12.6. The molecule has 4 rings (SSSR count). The molecule has 3 aromatic carbocycles. The van der Waals surface area contributed by atoms with Gasteiger partial charge in [0, 0.05) is 29.2 Å². The first-order chi connectivity index (χ1) is 16.7. The van der Waals surface area contributed by atoms with Crippen LogP contribution in [0.2, 0.25) is 10.0 Å². The predicted octanol–water partition coefficient (Wildman–Crippen LogP) is 6.18. The topological polar surface area (TPSA) is 72.9 Å². The fraction of sp³-hybridized carbons (Fsp3) is 0.222. The number of nitrogens with zero attached hydrogens (tertiary/aromatic N) is 1. The zero-order valence-electron chi connectivity index (χ0n) is 19.2. The van der Waals surface area contributed by atoms with Gasteiger partial charge in [-0.3, -0.25) is 14.4 Å². The van der Waals surface area contributed by atoms with Crippen molar-refractivity contribution in [3.63, 3.8) is 0 Å². The molecule has 1 saturated heterocycles. The molecule has 1 aliphatic heterocycles. The number of esters is 1. The monoisotopic (exact) mass is 511 g/mol. The van der Waals surface area contributed by atoms with Gasteiger partial charge in [0.25, 0.3) is 0 Å². The van der Waals surface area contributed by atoms with Gasteiger partial charge in [0.15, 0.2) is 6.61 Å². The molecule has 1 amide bonds. The van der Waals surface area contributed by atoms with Crippen LogP contribution in [0.5, 0.6) is 11.5 Å². The van der Waals surface area contributed by atoms with Gasteiger partial charge in [-0.05, 0) is 79.6 Å². The van der Waals surface area contributed by atoms with Gasteiger partial charge in [-0.25, -0.2) is 0 Å². The van der Waals surface area contributed by atoms with Crippen LogP contribution in [0.3, 0.4) is 0 Å². The van der Waals surface area contributed by atoms with E-state index in [4.69, 9.17) is 32.7 Å². The third-order valence-corrected chi connectivity index (χ3v) is 6.45. The Balaban J connectivity index is 1.34. The van der Waals surface area contributed by atoms with Crippen molar-refractivity contribution in [2.24, 2.45) is 5.92 Å². The summed E-state index contributed by atoms with van der Waals surface area (Å²) >= 11 is 11.9. The number of hydrogen-bond donors (Lipinski definition) is 0. The maximum Gasteiger partial charge on any atom is 0.311 e. The summed E-state index contributed by atoms with van der Waals surface area (Å²) in [6, 6.07) is 17.4. The minimum Gasteiger partial charge on any atom is -0.457 e. The Bertz CT molecular complexity index is 1290. The molecule has 6 nitrogen and oxygen atoms in total. The Labute approximate surface area is 213 Å². The van der Waals surface area contributed by atoms with E-state index >= 15 is 0 Å². The van der Waals surface area contributed by atoms with Crippen molar-refractivity contribution in [2.75, 3.05) is 18.1 Å². The molecule has 3 aromatic rings. The lowest BCUT2D eigenvalue weighted by molar-refractivity contribution is -0.147. The molecule has 0 unspecified atom stereocenters. The number of carbonyl (C=O) groups excluding carboxylic acids is 3. The van der Waals surface area contributed by atoms with E-state index in [9.17, 15) is 14.4 Å². The first-order valence-electron chi connectivity index (χ1n) is 11.0. The molecule has 0 bridgehead atoms. The van der Waals surface area contributed by atoms with Crippen LogP contribution in [0.1, 0.15) is 27.9 Å². The number of aryl methyl sites for hydroxylation is 2. The standard InChI is InChI=1S/C27H23Cl2NO5/c1-16-3-7-22(11-17(16)2)35-21-8-5-20(6-9-21)30-14-18(12-26(30)32)27(33)34-15-25(31)23-10-4-19(28)13-24(23)29/h3-11,13,18H,12,14-15H2,1-2H3/t18-/m0/s1. The van der Waals surface area contributed by atoms with Gasteiger partial charge >= 0.3 is 5.97 Å². The van der Waals surface area contributed by atoms with Crippen LogP contribution >= 0.6 is 23.2 Å². The minimum atomic E-state index is -0.664. The van der Waals surface area contributed by atoms with Gasteiger partial charge in [-0.2, -0.15) is 0 Å². The lowest BCUT2D eigenvalue weighted by Gasteiger charge is -2.17. The highest BCUT2D eigenvalue weighted by Gasteiger charge is 2.36. The number of benzene rings is 3. The Morgan fingerprint density at radius 3 is 2.34 bits per heavy atom. The SMILES string of the molecule is Cc1ccc(Oc2ccc(N3C[C@@H](C(=O)OCC(=O)c4ccc(Cl)cc4Cl)CC3=O)cc2)cc1C. The van der Waals surface area contributed by atoms with Gasteiger partial charge in [0.2, 0.25) is 11.7 Å². The fourth-order valence-corrected chi connectivity index (χ4v) is 4.28. The number of amides is 1. The molecule has 1 fully saturated rings. The van der Waals surface area contributed by atoms with Crippen molar-refractivity contribution < 1.29 is 23.9 Å². The average molecular weight is 512 g/mol. The molecule has 1 atom stereocenters. The van der Waals surface area contributed by atoms with Gasteiger partial charge in [-0.1, -0.05) is 29.3 Å². The first-order valence-corrected chi connectivity index (χ1v) is 11.8. The average Bonchev–Trinajstić information content (AvgIpc) is 3.22. The van der Waals surface area contributed by atoms with Crippen LogP contribution in [-0.4, -0.2) is 30.8 Å². The van der Waals surface area contributed by atoms with Gasteiger partial charge in [0.1, 0.15) is 11.5 Å². The summed E-state index contributed by atoms with van der Waals surface area (Å²) in [7, 11) is 0. The van der Waals surface area contributed by atoms with Crippen molar-refractivity contribution in [3.05, 3.63) is 87.4 Å². The summed E-state index contributed by atoms with van der Waals surface area (Å²) in [5, 5.41) is 0.587. The summed E-state index contributed by atoms with van der Waals surface area (Å²) in [6.45, 7) is 3.77. The van der Waals surface area contributed by atoms with E-state index in [1.165, 1.54) is 28.7 Å². The number of rotatable bonds is 7. The Kier molecular flexibility index (Phi) is 7.43. The van der Waals surface area contributed by atoms with Crippen molar-refractivity contribution >= 4 is 46.5 Å². The molecule has 0 saturated carbocycles. The normalized spacial score (nSPS) is 15.3. The zero-order chi connectivity index (χ0) is 25.1. The Morgan fingerprint density at radius 1 is 0.943 bits per heavy atom. The number of anilines is 1. The summed E-state index contributed by atoms with van der Waals surface area (Å²) in [5.74, 6) is -0.534. The highest BCUT2D eigenvalue weighted by atomic mass is 35.5. The van der Waals surface area contributed by atoms with Crippen LogP contribution in [0.15, 0.2) is 60.7 Å². The molecule has 180 valence electrons. The number of halogens is 2. The molecule has 1 heterocycles. The largest absolute Gasteiger partial charge is 0.457 e. The zero-order valence-corrected chi connectivity index (χ0v) is 20.7. The summed E-state index contributed by atoms with van der Waals surface area (Å²) in [4.78, 5) is 39.0. The number of ketones is 1. The third kappa shape index (κ3) is 5.84. The minimum absolute atomic E-state index is 0.00954. The van der Waals surface area contributed by atoms with E-state index in [0.717, 1.165) is 11.3 Å². The van der Waals surface area contributed by atoms with E-state index in [-0.39, 0.29) is 29.5 Å². The van der Waals surface area contributed by atoms with Crippen LogP contribution in [0.4, 0.5) is 5.69 Å². The first kappa shape index (κ1) is 24.8. The molecule has 35 heavy (non-hydrogen) atoms. The maximum absolute atomic E-state index is 12.6. The van der Waals surface area contributed by atoms with Crippen molar-refractivity contribution in [2.45, 2.75) is 20.3 Å². The smallest absolute Gasteiger partial charge is 0.311 e. The van der Waals surface area contributed by atoms with E-state index in [0.29, 0.717) is 16.5 Å². The molecular formula is C27H23Cl2NO5. The second kappa shape index (κ2) is 10.5. The predicted molar refractivity (Wildman–Crippen MR) is 135 cm³/mol. The van der Waals surface area contributed by atoms with Crippen molar-refractivity contribution in [1.82, 2.24) is 0 Å². The van der Waals surface area contributed by atoms with Crippen LogP contribution in [0, 0.1) is 19.8 Å². The second-order valence-electron chi connectivity index (χ2n) is 8.40. The molecular weight excluding hydrogens is 489 g/mol. The van der Waals surface area contributed by atoms with Gasteiger partial charge in [0.05, 0.1) is 10.9 Å². The van der Waals surface area contributed by atoms with E-state index < -0.39 is 24.3 Å². The highest BCUT2D eigenvalue weighted by Crippen LogP contribution is 2.30. The number of hydrogen-bond acceptors (Lipinski definition) is 5. The van der Waals surface area contributed by atoms with Crippen LogP contribution in [-0.2, 0) is 14.3 Å². The van der Waals surface area contributed by atoms with Gasteiger partial charge < -0.3 is 14.4 Å². The number of Topliss-reactive ketones (excluding diaryl/α,β-unsaturated/α-hetero) is 1. The quantitative estimate of drug-likeness (QED) is 0.279. The molecule has 0 aliphatic carbocycles. The fourth-order valence-electron chi connectivity index (χ4n) is 3.77. The van der Waals surface area contributed by atoms with Crippen LogP contribution < -0.4 is 9.64 Å². The van der Waals surface area contributed by atoms with Gasteiger partial charge in [-0.15, -0.1) is 0 Å². The highest BCUT2D eigenvalue weighted by molar-refractivity contribution is 6.36. The second-order valence-corrected chi connectivity index (χ2v) is 9.25. The summed E-state index contributed by atoms with van der Waals surface area (Å²) in [5.41, 5.74) is 3.20. The third-order valence-electron chi connectivity index (χ3n) is 5.90. The summed E-state index contributed by atoms with van der Waals surface area (Å²) in [6.07, 6.45) is 0.00954. The van der Waals surface area contributed by atoms with Crippen molar-refractivity contribution in [3.8, 4) is 11.5 Å². The van der Waals surface area contributed by atoms with E-state index in [2.05, 4.69) is 0 Å². The molecule has 8 heteroatoms. The molecule has 0 radical (unpaired) electrons. The van der Waals surface area contributed by atoms with E-state index in [1.807, 2.05) is 32.0 Å². The Morgan fingerprint density at radius 2 is 1.66 bits per heavy atom. The molecule has 1 aliphatic rings. The number of carbonyl (C=O) groups is 3.